The minimum absolute atomic E-state index is 0.223. The van der Waals surface area contributed by atoms with Crippen LogP contribution in [0.2, 0.25) is 0 Å². The van der Waals surface area contributed by atoms with Gasteiger partial charge in [0.05, 0.1) is 44.8 Å². The van der Waals surface area contributed by atoms with Gasteiger partial charge < -0.3 is 18.5 Å². The first-order valence-electron chi connectivity index (χ1n) is 13.0. The number of benzene rings is 4. The highest BCUT2D eigenvalue weighted by Gasteiger charge is 2.25. The summed E-state index contributed by atoms with van der Waals surface area (Å²) in [5.74, 6) is 1.23. The van der Waals surface area contributed by atoms with Crippen LogP contribution in [0.25, 0.3) is 22.2 Å². The molecule has 0 spiro atoms. The average Bonchev–Trinajstić information content (AvgIpc) is 3.02. The summed E-state index contributed by atoms with van der Waals surface area (Å²) in [7, 11) is -0.177. The van der Waals surface area contributed by atoms with E-state index in [4.69, 9.17) is 18.5 Å². The number of aromatic nitrogens is 2. The Balaban J connectivity index is 1.32. The topological polar surface area (TPSA) is 79.8 Å². The molecular formula is C32H31N2O5P. The van der Waals surface area contributed by atoms with E-state index in [1.165, 1.54) is 0 Å². The second-order valence-electron chi connectivity index (χ2n) is 9.25. The molecule has 5 rings (SSSR count). The third-order valence-electron chi connectivity index (χ3n) is 6.58. The van der Waals surface area contributed by atoms with E-state index in [2.05, 4.69) is 9.97 Å². The zero-order valence-electron chi connectivity index (χ0n) is 22.5. The smallest absolute Gasteiger partial charge is 0.331 e. The van der Waals surface area contributed by atoms with Crippen LogP contribution >= 0.6 is 7.60 Å². The lowest BCUT2D eigenvalue weighted by molar-refractivity contribution is 0.191. The van der Waals surface area contributed by atoms with Crippen LogP contribution in [0.1, 0.15) is 16.7 Å². The quantitative estimate of drug-likeness (QED) is 0.148. The SMILES string of the molecule is COc1cc2ncnc(-c3ccc(CCP(=O)(OCc4ccccc4)OCc4ccccc4)cc3)c2cc1OC. The molecular weight excluding hydrogens is 523 g/mol. The Kier molecular flexibility index (Phi) is 8.87. The number of aryl methyl sites for hydroxylation is 1. The van der Waals surface area contributed by atoms with Crippen molar-refractivity contribution in [1.29, 1.82) is 0 Å². The molecule has 1 aromatic heterocycles. The van der Waals surface area contributed by atoms with Gasteiger partial charge in [-0.2, -0.15) is 0 Å². The molecule has 0 aliphatic heterocycles. The van der Waals surface area contributed by atoms with E-state index in [0.29, 0.717) is 17.9 Å². The van der Waals surface area contributed by atoms with Crippen LogP contribution in [0.15, 0.2) is 103 Å². The third-order valence-corrected chi connectivity index (χ3v) is 8.40. The van der Waals surface area contributed by atoms with Crippen molar-refractivity contribution in [3.63, 3.8) is 0 Å². The molecule has 0 amide bonds. The lowest BCUT2D eigenvalue weighted by atomic mass is 10.0. The molecule has 0 unspecified atom stereocenters. The van der Waals surface area contributed by atoms with Crippen LogP contribution in [0.5, 0.6) is 11.5 Å². The highest BCUT2D eigenvalue weighted by atomic mass is 31.2. The summed E-state index contributed by atoms with van der Waals surface area (Å²) in [6.07, 6.45) is 2.35. The van der Waals surface area contributed by atoms with Gasteiger partial charge in [0.1, 0.15) is 6.33 Å². The van der Waals surface area contributed by atoms with Crippen molar-refractivity contribution in [2.75, 3.05) is 20.4 Å². The average molecular weight is 555 g/mol. The van der Waals surface area contributed by atoms with E-state index in [-0.39, 0.29) is 19.4 Å². The van der Waals surface area contributed by atoms with Gasteiger partial charge in [0, 0.05) is 17.0 Å². The van der Waals surface area contributed by atoms with E-state index < -0.39 is 7.60 Å². The first-order valence-corrected chi connectivity index (χ1v) is 14.7. The predicted molar refractivity (Wildman–Crippen MR) is 157 cm³/mol. The molecule has 7 nitrogen and oxygen atoms in total. The zero-order chi connectivity index (χ0) is 27.8. The fourth-order valence-corrected chi connectivity index (χ4v) is 5.93. The Morgan fingerprint density at radius 3 is 1.82 bits per heavy atom. The molecule has 4 aromatic carbocycles. The van der Waals surface area contributed by atoms with Crippen LogP contribution in [0.3, 0.4) is 0 Å². The Morgan fingerprint density at radius 2 is 1.25 bits per heavy atom. The van der Waals surface area contributed by atoms with Crippen LogP contribution in [-0.4, -0.2) is 30.3 Å². The number of nitrogens with zero attached hydrogens (tertiary/aromatic N) is 2. The minimum Gasteiger partial charge on any atom is -0.493 e. The van der Waals surface area contributed by atoms with Gasteiger partial charge in [-0.1, -0.05) is 84.9 Å². The van der Waals surface area contributed by atoms with Crippen molar-refractivity contribution >= 4 is 18.5 Å². The molecule has 0 atom stereocenters. The van der Waals surface area contributed by atoms with Gasteiger partial charge in [0.2, 0.25) is 0 Å². The van der Waals surface area contributed by atoms with Gasteiger partial charge in [-0.15, -0.1) is 0 Å². The lowest BCUT2D eigenvalue weighted by Crippen LogP contribution is -2.04. The molecule has 0 radical (unpaired) electrons. The highest BCUT2D eigenvalue weighted by molar-refractivity contribution is 7.53. The van der Waals surface area contributed by atoms with Crippen molar-refractivity contribution in [1.82, 2.24) is 9.97 Å². The van der Waals surface area contributed by atoms with Crippen molar-refractivity contribution in [2.24, 2.45) is 0 Å². The highest BCUT2D eigenvalue weighted by Crippen LogP contribution is 2.50. The molecule has 204 valence electrons. The fraction of sp³-hybridized carbons (Fsp3) is 0.188. The van der Waals surface area contributed by atoms with Gasteiger partial charge in [-0.05, 0) is 29.2 Å². The van der Waals surface area contributed by atoms with Crippen molar-refractivity contribution in [2.45, 2.75) is 19.6 Å². The van der Waals surface area contributed by atoms with Crippen LogP contribution in [-0.2, 0) is 33.2 Å². The maximum atomic E-state index is 13.8. The normalized spacial score (nSPS) is 11.4. The second kappa shape index (κ2) is 12.9. The van der Waals surface area contributed by atoms with Gasteiger partial charge in [-0.25, -0.2) is 9.97 Å². The van der Waals surface area contributed by atoms with Crippen LogP contribution in [0, 0.1) is 0 Å². The Morgan fingerprint density at radius 1 is 0.675 bits per heavy atom. The summed E-state index contributed by atoms with van der Waals surface area (Å²) < 4.78 is 36.6. The summed E-state index contributed by atoms with van der Waals surface area (Å²) in [4.78, 5) is 8.94. The van der Waals surface area contributed by atoms with Gasteiger partial charge >= 0.3 is 7.60 Å². The number of ether oxygens (including phenoxy) is 2. The number of methoxy groups -OCH3 is 2. The number of fused-ring (bicyclic) bond motifs is 1. The van der Waals surface area contributed by atoms with Crippen LogP contribution < -0.4 is 9.47 Å². The summed E-state index contributed by atoms with van der Waals surface area (Å²) in [6.45, 7) is 0.446. The van der Waals surface area contributed by atoms with E-state index in [9.17, 15) is 4.57 Å². The molecule has 0 fully saturated rings. The Labute approximate surface area is 234 Å². The van der Waals surface area contributed by atoms with E-state index in [1.807, 2.05) is 97.1 Å². The molecule has 8 heteroatoms. The maximum absolute atomic E-state index is 13.8. The monoisotopic (exact) mass is 554 g/mol. The number of hydrogen-bond donors (Lipinski definition) is 0. The summed E-state index contributed by atoms with van der Waals surface area (Å²) in [6, 6.07) is 31.2. The van der Waals surface area contributed by atoms with E-state index >= 15 is 0 Å². The molecule has 0 bridgehead atoms. The molecule has 40 heavy (non-hydrogen) atoms. The standard InChI is InChI=1S/C32H31N2O5P/c1-36-30-19-28-29(20-31(30)37-2)33-23-34-32(28)27-15-13-24(14-16-27)17-18-40(35,38-21-25-9-5-3-6-10-25)39-22-26-11-7-4-8-12-26/h3-16,19-20,23H,17-18,21-22H2,1-2H3. The van der Waals surface area contributed by atoms with Crippen molar-refractivity contribution in [3.8, 4) is 22.8 Å². The second-order valence-corrected chi connectivity index (χ2v) is 11.4. The molecule has 0 aliphatic rings. The van der Waals surface area contributed by atoms with E-state index in [0.717, 1.165) is 38.9 Å². The minimum atomic E-state index is -3.38. The largest absolute Gasteiger partial charge is 0.493 e. The number of hydrogen-bond acceptors (Lipinski definition) is 7. The summed E-state index contributed by atoms with van der Waals surface area (Å²) >= 11 is 0. The summed E-state index contributed by atoms with van der Waals surface area (Å²) in [5, 5.41) is 0.862. The van der Waals surface area contributed by atoms with Crippen LogP contribution in [0.4, 0.5) is 0 Å². The van der Waals surface area contributed by atoms with E-state index in [1.54, 1.807) is 20.5 Å². The first-order chi connectivity index (χ1) is 19.6. The van der Waals surface area contributed by atoms with Crippen molar-refractivity contribution < 1.29 is 23.1 Å². The number of rotatable bonds is 12. The fourth-order valence-electron chi connectivity index (χ4n) is 4.37. The lowest BCUT2D eigenvalue weighted by Gasteiger charge is -2.19. The molecule has 0 saturated carbocycles. The molecule has 0 saturated heterocycles. The van der Waals surface area contributed by atoms with Gasteiger partial charge in [-0.3, -0.25) is 4.57 Å². The molecule has 0 aliphatic carbocycles. The molecule has 0 N–H and O–H groups in total. The van der Waals surface area contributed by atoms with Gasteiger partial charge in [0.15, 0.2) is 11.5 Å². The zero-order valence-corrected chi connectivity index (χ0v) is 23.4. The van der Waals surface area contributed by atoms with Gasteiger partial charge in [0.25, 0.3) is 0 Å². The third kappa shape index (κ3) is 6.75. The van der Waals surface area contributed by atoms with Crippen molar-refractivity contribution in [3.05, 3.63) is 120 Å². The first kappa shape index (κ1) is 27.5. The molecule has 5 aromatic rings. The predicted octanol–water partition coefficient (Wildman–Crippen LogP) is 7.48. The maximum Gasteiger partial charge on any atom is 0.331 e. The Bertz CT molecular complexity index is 1550. The Hall–Kier alpha value is -4.03. The molecule has 1 heterocycles. The summed E-state index contributed by atoms with van der Waals surface area (Å²) in [5.41, 5.74) is 5.41.